The van der Waals surface area contributed by atoms with Gasteiger partial charge in [0.2, 0.25) is 0 Å². The topological polar surface area (TPSA) is 105 Å². The summed E-state index contributed by atoms with van der Waals surface area (Å²) in [6, 6.07) is 8.59. The number of aromatic carboxylic acids is 1. The van der Waals surface area contributed by atoms with Crippen molar-refractivity contribution in [1.82, 2.24) is 9.55 Å². The predicted octanol–water partition coefficient (Wildman–Crippen LogP) is 1.78. The van der Waals surface area contributed by atoms with E-state index in [9.17, 15) is 9.59 Å². The number of hydrogen-bond acceptors (Lipinski definition) is 5. The minimum absolute atomic E-state index is 0.172. The molecule has 0 aliphatic rings. The number of carbonyl (C=O) groups is 1. The minimum atomic E-state index is -1.34. The van der Waals surface area contributed by atoms with Gasteiger partial charge < -0.3 is 9.84 Å². The first-order valence-electron chi connectivity index (χ1n) is 6.62. The van der Waals surface area contributed by atoms with Crippen LogP contribution >= 0.6 is 0 Å². The average Bonchev–Trinajstić information content (AvgIpc) is 2.53. The molecule has 7 heteroatoms. The van der Waals surface area contributed by atoms with Crippen LogP contribution in [0.2, 0.25) is 0 Å². The summed E-state index contributed by atoms with van der Waals surface area (Å²) in [5.41, 5.74) is -0.0411. The van der Waals surface area contributed by atoms with Crippen LogP contribution in [0.1, 0.15) is 17.3 Å². The maximum absolute atomic E-state index is 12.2. The number of benzene rings is 1. The first kappa shape index (κ1) is 16.0. The van der Waals surface area contributed by atoms with Gasteiger partial charge in [0.05, 0.1) is 11.8 Å². The molecule has 0 aliphatic heterocycles. The molecule has 0 aliphatic carbocycles. The number of aromatic nitrogens is 2. The Morgan fingerprint density at radius 1 is 1.48 bits per heavy atom. The quantitative estimate of drug-likeness (QED) is 0.844. The number of ether oxygens (including phenoxy) is 1. The fourth-order valence-electron chi connectivity index (χ4n) is 1.85. The van der Waals surface area contributed by atoms with Gasteiger partial charge in [-0.2, -0.15) is 5.26 Å². The second kappa shape index (κ2) is 7.04. The first-order valence-corrected chi connectivity index (χ1v) is 6.62. The molecule has 23 heavy (non-hydrogen) atoms. The molecule has 0 fully saturated rings. The van der Waals surface area contributed by atoms with E-state index in [1.165, 1.54) is 12.4 Å². The van der Waals surface area contributed by atoms with Gasteiger partial charge >= 0.3 is 5.97 Å². The number of rotatable bonds is 5. The molecule has 0 radical (unpaired) electrons. The lowest BCUT2D eigenvalue weighted by molar-refractivity contribution is 0.0694. The van der Waals surface area contributed by atoms with Crippen LogP contribution in [0.15, 0.2) is 53.2 Å². The number of carboxylic acids is 1. The van der Waals surface area contributed by atoms with Crippen molar-refractivity contribution >= 4 is 5.97 Å². The summed E-state index contributed by atoms with van der Waals surface area (Å²) in [6.07, 6.45) is 3.60. The van der Waals surface area contributed by atoms with Crippen molar-refractivity contribution in [3.63, 3.8) is 0 Å². The van der Waals surface area contributed by atoms with Crippen LogP contribution in [0.25, 0.3) is 5.69 Å². The van der Waals surface area contributed by atoms with Crippen molar-refractivity contribution in [2.75, 3.05) is 6.61 Å². The Hall–Kier alpha value is -3.40. The highest BCUT2D eigenvalue weighted by molar-refractivity contribution is 5.86. The number of hydrogen-bond donors (Lipinski definition) is 1. The van der Waals surface area contributed by atoms with Crippen LogP contribution in [-0.4, -0.2) is 27.2 Å². The van der Waals surface area contributed by atoms with E-state index in [0.29, 0.717) is 17.0 Å². The van der Waals surface area contributed by atoms with Crippen LogP contribution < -0.4 is 10.3 Å². The molecule has 2 rings (SSSR count). The van der Waals surface area contributed by atoms with E-state index in [1.807, 2.05) is 6.07 Å². The van der Waals surface area contributed by atoms with Crippen molar-refractivity contribution in [2.45, 2.75) is 6.92 Å². The SMILES string of the molecule is C/C(=C\C#N)COc1ccccc1-n1cncc(C(=O)O)c1=O. The lowest BCUT2D eigenvalue weighted by atomic mass is 10.2. The number of nitrogens with zero attached hydrogens (tertiary/aromatic N) is 3. The molecular formula is C16H13N3O4. The van der Waals surface area contributed by atoms with Crippen molar-refractivity contribution in [1.29, 1.82) is 5.26 Å². The highest BCUT2D eigenvalue weighted by Crippen LogP contribution is 2.21. The Bertz CT molecular complexity index is 862. The van der Waals surface area contributed by atoms with Gasteiger partial charge in [-0.15, -0.1) is 0 Å². The molecule has 0 spiro atoms. The Morgan fingerprint density at radius 3 is 2.91 bits per heavy atom. The molecule has 0 amide bonds. The van der Waals surface area contributed by atoms with Crippen LogP contribution in [0.5, 0.6) is 5.75 Å². The van der Waals surface area contributed by atoms with Gasteiger partial charge in [-0.05, 0) is 24.6 Å². The highest BCUT2D eigenvalue weighted by atomic mass is 16.5. The van der Waals surface area contributed by atoms with Gasteiger partial charge in [-0.1, -0.05) is 12.1 Å². The van der Waals surface area contributed by atoms with E-state index in [2.05, 4.69) is 4.98 Å². The van der Waals surface area contributed by atoms with Gasteiger partial charge in [-0.25, -0.2) is 9.78 Å². The van der Waals surface area contributed by atoms with E-state index in [1.54, 1.807) is 31.2 Å². The summed E-state index contributed by atoms with van der Waals surface area (Å²) in [6.45, 7) is 1.91. The summed E-state index contributed by atoms with van der Waals surface area (Å²) in [4.78, 5) is 27.1. The van der Waals surface area contributed by atoms with Crippen LogP contribution in [0.3, 0.4) is 0 Å². The minimum Gasteiger partial charge on any atom is -0.487 e. The smallest absolute Gasteiger partial charge is 0.342 e. The predicted molar refractivity (Wildman–Crippen MR) is 81.7 cm³/mol. The largest absolute Gasteiger partial charge is 0.487 e. The molecule has 116 valence electrons. The molecular weight excluding hydrogens is 298 g/mol. The zero-order valence-electron chi connectivity index (χ0n) is 12.3. The van der Waals surface area contributed by atoms with Crippen LogP contribution in [-0.2, 0) is 0 Å². The summed E-state index contributed by atoms with van der Waals surface area (Å²) in [7, 11) is 0. The molecule has 1 aromatic carbocycles. The third-order valence-corrected chi connectivity index (χ3v) is 2.96. The first-order chi connectivity index (χ1) is 11.0. The van der Waals surface area contributed by atoms with Gasteiger partial charge in [0.25, 0.3) is 5.56 Å². The summed E-state index contributed by atoms with van der Waals surface area (Å²) < 4.78 is 6.72. The molecule has 2 aromatic rings. The molecule has 0 unspecified atom stereocenters. The van der Waals surface area contributed by atoms with Gasteiger partial charge in [0.1, 0.15) is 24.2 Å². The van der Waals surface area contributed by atoms with E-state index >= 15 is 0 Å². The van der Waals surface area contributed by atoms with Gasteiger partial charge in [-0.3, -0.25) is 9.36 Å². The third kappa shape index (κ3) is 3.63. The molecule has 1 N–H and O–H groups in total. The lowest BCUT2D eigenvalue weighted by Crippen LogP contribution is -2.25. The molecule has 7 nitrogen and oxygen atoms in total. The fraction of sp³-hybridized carbons (Fsp3) is 0.125. The second-order valence-electron chi connectivity index (χ2n) is 4.66. The van der Waals surface area contributed by atoms with Gasteiger partial charge in [0.15, 0.2) is 0 Å². The van der Waals surface area contributed by atoms with Crippen molar-refractivity contribution in [2.24, 2.45) is 0 Å². The molecule has 1 aromatic heterocycles. The molecule has 1 heterocycles. The zero-order valence-corrected chi connectivity index (χ0v) is 12.3. The lowest BCUT2D eigenvalue weighted by Gasteiger charge is -2.13. The number of allylic oxidation sites excluding steroid dienone is 1. The van der Waals surface area contributed by atoms with Crippen molar-refractivity contribution < 1.29 is 14.6 Å². The van der Waals surface area contributed by atoms with Crippen LogP contribution in [0.4, 0.5) is 0 Å². The third-order valence-electron chi connectivity index (χ3n) is 2.96. The maximum Gasteiger partial charge on any atom is 0.342 e. The Morgan fingerprint density at radius 2 is 2.22 bits per heavy atom. The molecule has 0 saturated carbocycles. The second-order valence-corrected chi connectivity index (χ2v) is 4.66. The van der Waals surface area contributed by atoms with Crippen molar-refractivity contribution in [3.8, 4) is 17.5 Å². The standard InChI is InChI=1S/C16H13N3O4/c1-11(6-7-17)9-23-14-5-3-2-4-13(14)19-10-18-8-12(15(19)20)16(21)22/h2-6,8,10H,9H2,1H3,(H,21,22)/b11-6+. The number of carboxylic acid groups (broad SMARTS) is 1. The Balaban J connectivity index is 2.44. The van der Waals surface area contributed by atoms with Gasteiger partial charge in [0, 0.05) is 12.3 Å². The molecule has 0 bridgehead atoms. The summed E-state index contributed by atoms with van der Waals surface area (Å²) >= 11 is 0. The molecule has 0 atom stereocenters. The average molecular weight is 311 g/mol. The van der Waals surface area contributed by atoms with E-state index in [4.69, 9.17) is 15.1 Å². The summed E-state index contributed by atoms with van der Waals surface area (Å²) in [5, 5.41) is 17.6. The number of nitriles is 1. The Kier molecular flexibility index (Phi) is 4.89. The van der Waals surface area contributed by atoms with E-state index in [0.717, 1.165) is 10.8 Å². The molecule has 0 saturated heterocycles. The fourth-order valence-corrected chi connectivity index (χ4v) is 1.85. The van der Waals surface area contributed by atoms with E-state index in [-0.39, 0.29) is 6.61 Å². The zero-order chi connectivity index (χ0) is 16.8. The number of para-hydroxylation sites is 2. The van der Waals surface area contributed by atoms with Crippen molar-refractivity contribution in [3.05, 3.63) is 64.4 Å². The normalized spacial score (nSPS) is 10.9. The van der Waals surface area contributed by atoms with Crippen LogP contribution in [0, 0.1) is 11.3 Å². The summed E-state index contributed by atoms with van der Waals surface area (Å²) in [5.74, 6) is -0.965. The highest BCUT2D eigenvalue weighted by Gasteiger charge is 2.14. The monoisotopic (exact) mass is 311 g/mol. The Labute approximate surface area is 131 Å². The maximum atomic E-state index is 12.2. The van der Waals surface area contributed by atoms with E-state index < -0.39 is 17.1 Å².